The Labute approximate surface area is 75.0 Å². The molecule has 1 aromatic heterocycles. The summed E-state index contributed by atoms with van der Waals surface area (Å²) in [7, 11) is 0. The second-order valence-corrected chi connectivity index (χ2v) is 2.61. The zero-order valence-electron chi connectivity index (χ0n) is 6.51. The van der Waals surface area contributed by atoms with E-state index in [1.54, 1.807) is 0 Å². The van der Waals surface area contributed by atoms with Crippen molar-refractivity contribution in [1.82, 2.24) is 9.97 Å². The molecule has 0 aliphatic carbocycles. The van der Waals surface area contributed by atoms with Gasteiger partial charge in [-0.25, -0.2) is 4.98 Å². The molecular formula is C7H10ClN3O. The molecule has 0 fully saturated rings. The highest BCUT2D eigenvalue weighted by atomic mass is 35.5. The highest BCUT2D eigenvalue weighted by molar-refractivity contribution is 6.17. The predicted octanol–water partition coefficient (Wildman–Crippen LogP) is 0.811. The zero-order valence-corrected chi connectivity index (χ0v) is 7.27. The fraction of sp³-hybridized carbons (Fsp3) is 0.429. The van der Waals surface area contributed by atoms with E-state index in [2.05, 4.69) is 15.3 Å². The third-order valence-corrected chi connectivity index (χ3v) is 1.58. The molecule has 5 heteroatoms. The van der Waals surface area contributed by atoms with E-state index in [0.29, 0.717) is 18.2 Å². The normalized spacial score (nSPS) is 9.75. The van der Waals surface area contributed by atoms with Gasteiger partial charge in [0.05, 0.1) is 0 Å². The van der Waals surface area contributed by atoms with Crippen molar-refractivity contribution in [2.24, 2.45) is 0 Å². The lowest BCUT2D eigenvalue weighted by Crippen LogP contribution is -2.16. The van der Waals surface area contributed by atoms with Crippen molar-refractivity contribution in [3.8, 4) is 0 Å². The Hall–Kier alpha value is -1.03. The van der Waals surface area contributed by atoms with Gasteiger partial charge < -0.3 is 10.3 Å². The molecule has 0 aliphatic rings. The van der Waals surface area contributed by atoms with E-state index in [9.17, 15) is 4.79 Å². The van der Waals surface area contributed by atoms with E-state index in [4.69, 9.17) is 11.6 Å². The second-order valence-electron chi connectivity index (χ2n) is 2.24. The van der Waals surface area contributed by atoms with Gasteiger partial charge in [0, 0.05) is 24.8 Å². The molecule has 0 amide bonds. The Morgan fingerprint density at radius 1 is 1.67 bits per heavy atom. The summed E-state index contributed by atoms with van der Waals surface area (Å²) in [6.45, 7) is 0.670. The van der Waals surface area contributed by atoms with Crippen LogP contribution in [0.15, 0.2) is 17.2 Å². The first-order valence-electron chi connectivity index (χ1n) is 3.68. The van der Waals surface area contributed by atoms with Gasteiger partial charge in [0.15, 0.2) is 5.82 Å². The highest BCUT2D eigenvalue weighted by Gasteiger charge is 1.96. The van der Waals surface area contributed by atoms with Crippen molar-refractivity contribution in [3.63, 3.8) is 0 Å². The molecule has 12 heavy (non-hydrogen) atoms. The Kier molecular flexibility index (Phi) is 3.60. The molecule has 4 nitrogen and oxygen atoms in total. The molecule has 66 valence electrons. The first-order chi connectivity index (χ1) is 5.84. The Bertz CT molecular complexity index is 286. The Morgan fingerprint density at radius 3 is 3.17 bits per heavy atom. The van der Waals surface area contributed by atoms with Gasteiger partial charge in [-0.15, -0.1) is 11.6 Å². The topological polar surface area (TPSA) is 57.8 Å². The molecule has 1 aromatic rings. The summed E-state index contributed by atoms with van der Waals surface area (Å²) in [4.78, 5) is 17.4. The summed E-state index contributed by atoms with van der Waals surface area (Å²) < 4.78 is 0. The number of aromatic amines is 1. The monoisotopic (exact) mass is 187 g/mol. The highest BCUT2D eigenvalue weighted by Crippen LogP contribution is 1.91. The molecule has 1 rings (SSSR count). The van der Waals surface area contributed by atoms with Gasteiger partial charge in [-0.3, -0.25) is 4.79 Å². The van der Waals surface area contributed by atoms with Gasteiger partial charge >= 0.3 is 0 Å². The maximum atomic E-state index is 11.0. The molecule has 0 aromatic carbocycles. The number of rotatable bonds is 4. The molecule has 0 saturated carbocycles. The number of anilines is 1. The Morgan fingerprint density at radius 2 is 2.50 bits per heavy atom. The summed E-state index contributed by atoms with van der Waals surface area (Å²) in [5, 5.41) is 2.87. The molecule has 0 bridgehead atoms. The van der Waals surface area contributed by atoms with Crippen LogP contribution < -0.4 is 10.9 Å². The number of halogens is 1. The van der Waals surface area contributed by atoms with Gasteiger partial charge in [0.1, 0.15) is 0 Å². The van der Waals surface area contributed by atoms with E-state index in [-0.39, 0.29) is 5.56 Å². The van der Waals surface area contributed by atoms with Crippen molar-refractivity contribution in [3.05, 3.63) is 22.7 Å². The van der Waals surface area contributed by atoms with Crippen LogP contribution in [0, 0.1) is 0 Å². The van der Waals surface area contributed by atoms with Gasteiger partial charge in [-0.1, -0.05) is 0 Å². The van der Waals surface area contributed by atoms with Crippen LogP contribution in [0.1, 0.15) is 6.42 Å². The van der Waals surface area contributed by atoms with Crippen molar-refractivity contribution in [1.29, 1.82) is 0 Å². The largest absolute Gasteiger partial charge is 0.365 e. The van der Waals surface area contributed by atoms with E-state index in [1.807, 2.05) is 0 Å². The lowest BCUT2D eigenvalue weighted by molar-refractivity contribution is 0.964. The van der Waals surface area contributed by atoms with Gasteiger partial charge in [0.25, 0.3) is 5.56 Å². The van der Waals surface area contributed by atoms with Crippen LogP contribution in [0.25, 0.3) is 0 Å². The predicted molar refractivity (Wildman–Crippen MR) is 48.7 cm³/mol. The minimum absolute atomic E-state index is 0.202. The average molecular weight is 188 g/mol. The van der Waals surface area contributed by atoms with E-state index < -0.39 is 0 Å². The number of hydrogen-bond acceptors (Lipinski definition) is 3. The van der Waals surface area contributed by atoms with Crippen LogP contribution in [0.2, 0.25) is 0 Å². The average Bonchev–Trinajstić information content (AvgIpc) is 2.09. The molecule has 2 N–H and O–H groups in total. The molecule has 0 spiro atoms. The fourth-order valence-electron chi connectivity index (χ4n) is 0.751. The number of aromatic nitrogens is 2. The van der Waals surface area contributed by atoms with Crippen LogP contribution in [0.3, 0.4) is 0 Å². The maximum absolute atomic E-state index is 11.0. The van der Waals surface area contributed by atoms with Gasteiger partial charge in [-0.05, 0) is 6.42 Å². The number of H-pyrrole nitrogens is 1. The molecule has 0 unspecified atom stereocenters. The van der Waals surface area contributed by atoms with Crippen LogP contribution in [-0.2, 0) is 0 Å². The van der Waals surface area contributed by atoms with Crippen molar-refractivity contribution >= 4 is 17.4 Å². The quantitative estimate of drug-likeness (QED) is 0.542. The SMILES string of the molecule is O=c1[nH]ccnc1NCCCCl. The maximum Gasteiger partial charge on any atom is 0.290 e. The van der Waals surface area contributed by atoms with Gasteiger partial charge in [-0.2, -0.15) is 0 Å². The summed E-state index contributed by atoms with van der Waals surface area (Å²) in [6, 6.07) is 0. The Balaban J connectivity index is 2.52. The molecule has 0 radical (unpaired) electrons. The minimum Gasteiger partial charge on any atom is -0.365 e. The molecule has 0 saturated heterocycles. The van der Waals surface area contributed by atoms with Crippen LogP contribution in [0.4, 0.5) is 5.82 Å². The summed E-state index contributed by atoms with van der Waals surface area (Å²) in [6.07, 6.45) is 3.84. The molecule has 0 atom stereocenters. The van der Waals surface area contributed by atoms with Crippen LogP contribution in [0.5, 0.6) is 0 Å². The lowest BCUT2D eigenvalue weighted by Gasteiger charge is -2.00. The minimum atomic E-state index is -0.202. The fourth-order valence-corrected chi connectivity index (χ4v) is 0.885. The number of nitrogens with zero attached hydrogens (tertiary/aromatic N) is 1. The smallest absolute Gasteiger partial charge is 0.290 e. The standard InChI is InChI=1S/C7H10ClN3O/c8-2-1-3-9-6-7(12)11-5-4-10-6/h4-5H,1-3H2,(H,9,10)(H,11,12). The third-order valence-electron chi connectivity index (χ3n) is 1.31. The molecular weight excluding hydrogens is 178 g/mol. The van der Waals surface area contributed by atoms with E-state index in [0.717, 1.165) is 6.42 Å². The van der Waals surface area contributed by atoms with E-state index in [1.165, 1.54) is 12.4 Å². The second kappa shape index (κ2) is 4.77. The summed E-state index contributed by atoms with van der Waals surface area (Å²) in [5.41, 5.74) is -0.202. The van der Waals surface area contributed by atoms with Gasteiger partial charge in [0.2, 0.25) is 0 Å². The van der Waals surface area contributed by atoms with Crippen molar-refractivity contribution in [2.75, 3.05) is 17.7 Å². The number of hydrogen-bond donors (Lipinski definition) is 2. The first kappa shape index (κ1) is 9.06. The van der Waals surface area contributed by atoms with Crippen LogP contribution in [-0.4, -0.2) is 22.4 Å². The lowest BCUT2D eigenvalue weighted by atomic mass is 10.5. The number of alkyl halides is 1. The van der Waals surface area contributed by atoms with Crippen LogP contribution >= 0.6 is 11.6 Å². The summed E-state index contributed by atoms with van der Waals surface area (Å²) in [5.74, 6) is 0.931. The third kappa shape index (κ3) is 2.54. The van der Waals surface area contributed by atoms with Crippen molar-refractivity contribution < 1.29 is 0 Å². The number of nitrogens with one attached hydrogen (secondary N) is 2. The first-order valence-corrected chi connectivity index (χ1v) is 4.21. The van der Waals surface area contributed by atoms with Crippen molar-refractivity contribution in [2.45, 2.75) is 6.42 Å². The molecule has 0 aliphatic heterocycles. The summed E-state index contributed by atoms with van der Waals surface area (Å²) >= 11 is 5.46. The zero-order chi connectivity index (χ0) is 8.81. The van der Waals surface area contributed by atoms with E-state index >= 15 is 0 Å². The molecule has 1 heterocycles.